The molecule has 6 heteroatoms. The molecule has 0 aliphatic rings. The van der Waals surface area contributed by atoms with Gasteiger partial charge in [0.2, 0.25) is 0 Å². The van der Waals surface area contributed by atoms with Gasteiger partial charge in [-0.1, -0.05) is 36.4 Å². The van der Waals surface area contributed by atoms with Gasteiger partial charge in [0.15, 0.2) is 18.1 Å². The largest absolute Gasteiger partial charge is 0.493 e. The first-order valence-electron chi connectivity index (χ1n) is 8.92. The number of benzene rings is 2. The Morgan fingerprint density at radius 2 is 1.96 bits per heavy atom. The van der Waals surface area contributed by atoms with Gasteiger partial charge in [-0.3, -0.25) is 9.59 Å². The van der Waals surface area contributed by atoms with Gasteiger partial charge in [-0.25, -0.2) is 0 Å². The standard InChI is InChI=1S/C22H25NO5/c1-4-7-16-10-11-19(20(12-16)27-3)28-14-21(24)23-18(13-22(25)26)17-9-6-5-8-15(17)2/h4-6,8-12,18H,1,7,13-14H2,2-3H3,(H,23,24)(H,25,26). The summed E-state index contributed by atoms with van der Waals surface area (Å²) in [4.78, 5) is 23.6. The van der Waals surface area contributed by atoms with Crippen molar-refractivity contribution in [3.8, 4) is 11.5 Å². The number of carbonyl (C=O) groups is 2. The van der Waals surface area contributed by atoms with E-state index in [-0.39, 0.29) is 13.0 Å². The van der Waals surface area contributed by atoms with Gasteiger partial charge >= 0.3 is 5.97 Å². The molecule has 1 unspecified atom stereocenters. The predicted molar refractivity (Wildman–Crippen MR) is 107 cm³/mol. The minimum Gasteiger partial charge on any atom is -0.493 e. The maximum absolute atomic E-state index is 12.4. The van der Waals surface area contributed by atoms with Crippen LogP contribution in [0.3, 0.4) is 0 Å². The van der Waals surface area contributed by atoms with Crippen molar-refractivity contribution in [3.63, 3.8) is 0 Å². The van der Waals surface area contributed by atoms with Crippen LogP contribution in [0.4, 0.5) is 0 Å². The van der Waals surface area contributed by atoms with Gasteiger partial charge in [0.25, 0.3) is 5.91 Å². The lowest BCUT2D eigenvalue weighted by Gasteiger charge is -2.20. The molecule has 0 aliphatic carbocycles. The van der Waals surface area contributed by atoms with Crippen LogP contribution in [-0.2, 0) is 16.0 Å². The average molecular weight is 383 g/mol. The number of rotatable bonds is 10. The van der Waals surface area contributed by atoms with E-state index in [4.69, 9.17) is 9.47 Å². The van der Waals surface area contributed by atoms with E-state index in [1.165, 1.54) is 7.11 Å². The molecule has 0 saturated carbocycles. The smallest absolute Gasteiger partial charge is 0.305 e. The normalized spacial score (nSPS) is 11.4. The molecule has 0 aromatic heterocycles. The van der Waals surface area contributed by atoms with Gasteiger partial charge in [0, 0.05) is 0 Å². The highest BCUT2D eigenvalue weighted by Gasteiger charge is 2.20. The summed E-state index contributed by atoms with van der Waals surface area (Å²) in [5.74, 6) is -0.440. The molecule has 1 amide bonds. The third-order valence-electron chi connectivity index (χ3n) is 4.24. The van der Waals surface area contributed by atoms with Gasteiger partial charge in [-0.15, -0.1) is 6.58 Å². The second-order valence-electron chi connectivity index (χ2n) is 6.34. The number of allylic oxidation sites excluding steroid dienone is 1. The van der Waals surface area contributed by atoms with Crippen LogP contribution in [0.25, 0.3) is 0 Å². The number of carboxylic acids is 1. The number of hydrogen-bond acceptors (Lipinski definition) is 4. The van der Waals surface area contributed by atoms with Crippen LogP contribution in [0.1, 0.15) is 29.2 Å². The fourth-order valence-corrected chi connectivity index (χ4v) is 2.90. The summed E-state index contributed by atoms with van der Waals surface area (Å²) in [6, 6.07) is 12.2. The van der Waals surface area contributed by atoms with Gasteiger partial charge in [0.1, 0.15) is 0 Å². The minimum atomic E-state index is -0.992. The first kappa shape index (κ1) is 21.0. The van der Waals surface area contributed by atoms with Crippen LogP contribution in [0.5, 0.6) is 11.5 Å². The number of hydrogen-bond donors (Lipinski definition) is 2. The van der Waals surface area contributed by atoms with Crippen LogP contribution in [0.2, 0.25) is 0 Å². The second kappa shape index (κ2) is 10.2. The zero-order chi connectivity index (χ0) is 20.5. The van der Waals surface area contributed by atoms with E-state index in [0.29, 0.717) is 17.9 Å². The third kappa shape index (κ3) is 5.87. The summed E-state index contributed by atoms with van der Waals surface area (Å²) in [6.45, 7) is 5.33. The molecular formula is C22H25NO5. The number of aryl methyl sites for hydroxylation is 1. The van der Waals surface area contributed by atoms with Crippen molar-refractivity contribution in [1.82, 2.24) is 5.32 Å². The number of carbonyl (C=O) groups excluding carboxylic acids is 1. The van der Waals surface area contributed by atoms with E-state index in [0.717, 1.165) is 16.7 Å². The van der Waals surface area contributed by atoms with E-state index in [2.05, 4.69) is 11.9 Å². The molecule has 2 aromatic carbocycles. The average Bonchev–Trinajstić information content (AvgIpc) is 2.66. The molecule has 0 saturated heterocycles. The summed E-state index contributed by atoms with van der Waals surface area (Å²) < 4.78 is 10.9. The predicted octanol–water partition coefficient (Wildman–Crippen LogP) is 3.44. The van der Waals surface area contributed by atoms with Crippen molar-refractivity contribution in [3.05, 3.63) is 71.8 Å². The molecule has 6 nitrogen and oxygen atoms in total. The molecule has 28 heavy (non-hydrogen) atoms. The van der Waals surface area contributed by atoms with E-state index < -0.39 is 17.9 Å². The van der Waals surface area contributed by atoms with Gasteiger partial charge in [-0.2, -0.15) is 0 Å². The lowest BCUT2D eigenvalue weighted by atomic mass is 9.99. The van der Waals surface area contributed by atoms with Crippen LogP contribution in [0, 0.1) is 6.92 Å². The fraction of sp³-hybridized carbons (Fsp3) is 0.273. The number of methoxy groups -OCH3 is 1. The molecule has 0 aliphatic heterocycles. The molecule has 0 bridgehead atoms. The SMILES string of the molecule is C=CCc1ccc(OCC(=O)NC(CC(=O)O)c2ccccc2C)c(OC)c1. The summed E-state index contributed by atoms with van der Waals surface area (Å²) in [7, 11) is 1.53. The van der Waals surface area contributed by atoms with Gasteiger partial charge in [0.05, 0.1) is 19.6 Å². The highest BCUT2D eigenvalue weighted by atomic mass is 16.5. The van der Waals surface area contributed by atoms with E-state index in [9.17, 15) is 14.7 Å². The topological polar surface area (TPSA) is 84.9 Å². The molecule has 2 N–H and O–H groups in total. The fourth-order valence-electron chi connectivity index (χ4n) is 2.90. The van der Waals surface area contributed by atoms with Crippen molar-refractivity contribution in [2.45, 2.75) is 25.8 Å². The highest BCUT2D eigenvalue weighted by Crippen LogP contribution is 2.28. The molecule has 0 radical (unpaired) electrons. The Balaban J connectivity index is 2.06. The zero-order valence-electron chi connectivity index (χ0n) is 16.1. The maximum atomic E-state index is 12.4. The second-order valence-corrected chi connectivity index (χ2v) is 6.34. The Morgan fingerprint density at radius 1 is 1.21 bits per heavy atom. The molecule has 0 spiro atoms. The van der Waals surface area contributed by atoms with E-state index >= 15 is 0 Å². The molecular weight excluding hydrogens is 358 g/mol. The number of aliphatic carboxylic acids is 1. The Labute approximate surface area is 164 Å². The van der Waals surface area contributed by atoms with Crippen LogP contribution in [-0.4, -0.2) is 30.7 Å². The Kier molecular flexibility index (Phi) is 7.63. The summed E-state index contributed by atoms with van der Waals surface area (Å²) in [5.41, 5.74) is 2.70. The molecule has 2 aromatic rings. The van der Waals surface area contributed by atoms with Crippen LogP contribution >= 0.6 is 0 Å². The van der Waals surface area contributed by atoms with Crippen LogP contribution in [0.15, 0.2) is 55.1 Å². The molecule has 1 atom stereocenters. The maximum Gasteiger partial charge on any atom is 0.305 e. The number of carboxylic acid groups (broad SMARTS) is 1. The van der Waals surface area contributed by atoms with Gasteiger partial charge < -0.3 is 19.9 Å². The first-order valence-corrected chi connectivity index (χ1v) is 8.92. The zero-order valence-corrected chi connectivity index (χ0v) is 16.1. The highest BCUT2D eigenvalue weighted by molar-refractivity contribution is 5.79. The Bertz CT molecular complexity index is 847. The van der Waals surface area contributed by atoms with E-state index in [1.54, 1.807) is 12.1 Å². The number of ether oxygens (including phenoxy) is 2. The number of amides is 1. The monoisotopic (exact) mass is 383 g/mol. The van der Waals surface area contributed by atoms with E-state index in [1.807, 2.05) is 43.3 Å². The van der Waals surface area contributed by atoms with Crippen molar-refractivity contribution in [2.75, 3.05) is 13.7 Å². The molecule has 2 rings (SSSR count). The molecule has 0 fully saturated rings. The summed E-state index contributed by atoms with van der Waals surface area (Å²) in [5, 5.41) is 11.9. The molecule has 148 valence electrons. The summed E-state index contributed by atoms with van der Waals surface area (Å²) >= 11 is 0. The summed E-state index contributed by atoms with van der Waals surface area (Å²) in [6.07, 6.45) is 2.28. The van der Waals surface area contributed by atoms with Crippen LogP contribution < -0.4 is 14.8 Å². The van der Waals surface area contributed by atoms with Crippen molar-refractivity contribution in [1.29, 1.82) is 0 Å². The van der Waals surface area contributed by atoms with Gasteiger partial charge in [-0.05, 0) is 42.2 Å². The lowest BCUT2D eigenvalue weighted by Crippen LogP contribution is -2.34. The van der Waals surface area contributed by atoms with Crippen molar-refractivity contribution < 1.29 is 24.2 Å². The lowest BCUT2D eigenvalue weighted by molar-refractivity contribution is -0.137. The third-order valence-corrected chi connectivity index (χ3v) is 4.24. The minimum absolute atomic E-state index is 0.212. The number of nitrogens with one attached hydrogen (secondary N) is 1. The molecule has 0 heterocycles. The Hall–Kier alpha value is -3.28. The first-order chi connectivity index (χ1) is 13.4. The van der Waals surface area contributed by atoms with Crippen molar-refractivity contribution >= 4 is 11.9 Å². The Morgan fingerprint density at radius 3 is 2.61 bits per heavy atom. The quantitative estimate of drug-likeness (QED) is 0.614. The van der Waals surface area contributed by atoms with Crippen molar-refractivity contribution in [2.24, 2.45) is 0 Å².